The number of hydrogen-bond acceptors (Lipinski definition) is 28. The van der Waals surface area contributed by atoms with E-state index in [9.17, 15) is 67.9 Å². The van der Waals surface area contributed by atoms with Gasteiger partial charge in [0.2, 0.25) is 0 Å². The highest BCUT2D eigenvalue weighted by Gasteiger charge is 2.49. The highest BCUT2D eigenvalue weighted by molar-refractivity contribution is 6.34. The molecule has 5 aliphatic heterocycles. The van der Waals surface area contributed by atoms with Gasteiger partial charge in [-0.25, -0.2) is 24.9 Å². The largest absolute Gasteiger partial charge is 0.586 e. The van der Waals surface area contributed by atoms with Crippen LogP contribution in [0.2, 0.25) is 15.1 Å². The van der Waals surface area contributed by atoms with Crippen LogP contribution in [-0.4, -0.2) is 101 Å². The maximum absolute atomic E-state index is 13.3. The van der Waals surface area contributed by atoms with Crippen molar-refractivity contribution in [3.05, 3.63) is 276 Å². The van der Waals surface area contributed by atoms with Crippen molar-refractivity contribution >= 4 is 93.4 Å². The Bertz CT molecular complexity index is 6920. The van der Waals surface area contributed by atoms with Gasteiger partial charge in [0.25, 0.3) is 29.5 Å². The normalized spacial score (nSPS) is 14.2. The molecule has 5 aliphatic rings. The second kappa shape index (κ2) is 41.2. The molecule has 0 fully saturated rings. The number of aromatic nitrogens is 8. The Morgan fingerprint density at radius 2 is 0.486 bits per heavy atom. The Labute approximate surface area is 848 Å². The summed E-state index contributed by atoms with van der Waals surface area (Å²) in [6.07, 6.45) is 0.377. The average Bonchev–Trinajstić information content (AvgIpc) is 1.64. The molecule has 46 heteroatoms. The van der Waals surface area contributed by atoms with E-state index in [4.69, 9.17) is 56.9 Å². The van der Waals surface area contributed by atoms with Gasteiger partial charge in [-0.05, 0) is 139 Å². The number of nitrogens with one attached hydrogen (secondary N) is 5. The lowest BCUT2D eigenvalue weighted by atomic mass is 10.0. The Morgan fingerprint density at radius 3 is 0.764 bits per heavy atom. The van der Waals surface area contributed by atoms with Gasteiger partial charge in [-0.3, -0.25) is 38.9 Å². The van der Waals surface area contributed by atoms with Crippen LogP contribution in [0.5, 0.6) is 57.5 Å². The topological polar surface area (TPSA) is 407 Å². The monoisotopic (exact) mass is 2110 g/mol. The number of carbonyl (C=O) groups is 5. The minimum Gasteiger partial charge on any atom is -0.469 e. The lowest BCUT2D eigenvalue weighted by Crippen LogP contribution is -2.25. The van der Waals surface area contributed by atoms with Crippen LogP contribution < -0.4 is 74.0 Å². The first-order valence-corrected chi connectivity index (χ1v) is 45.9. The summed E-state index contributed by atoms with van der Waals surface area (Å²) in [5, 5.41) is 14.0. The zero-order valence-electron chi connectivity index (χ0n) is 80.6. The molecule has 20 rings (SSSR count). The van der Waals surface area contributed by atoms with Crippen molar-refractivity contribution in [2.45, 2.75) is 166 Å². The molecule has 0 atom stereocenters. The van der Waals surface area contributed by atoms with E-state index < -0.39 is 31.5 Å². The third-order valence-corrected chi connectivity index (χ3v) is 23.5. The molecule has 15 aromatic rings. The Hall–Kier alpha value is -16.4. The molecule has 0 aliphatic carbocycles. The van der Waals surface area contributed by atoms with Crippen LogP contribution >= 0.6 is 34.8 Å². The zero-order valence-corrected chi connectivity index (χ0v) is 82.8. The number of pyridine rings is 2. The summed E-state index contributed by atoms with van der Waals surface area (Å²) in [6, 6.07) is 20.2. The second-order valence-electron chi connectivity index (χ2n) is 35.0. The van der Waals surface area contributed by atoms with Crippen molar-refractivity contribution in [2.24, 2.45) is 0 Å². The van der Waals surface area contributed by atoms with Gasteiger partial charge >= 0.3 is 31.5 Å². The van der Waals surface area contributed by atoms with Gasteiger partial charge < -0.3 is 96.0 Å². The fraction of sp³-hybridized carbons (Fsp3) is 0.245. The smallest absolute Gasteiger partial charge is 0.469 e. The third kappa shape index (κ3) is 23.1. The molecule has 0 radical (unpaired) electrons. The van der Waals surface area contributed by atoms with Crippen molar-refractivity contribution in [3.63, 3.8) is 0 Å². The number of nitrogens with zero attached hydrogens (tertiary/aromatic N) is 8. The maximum atomic E-state index is 13.3. The summed E-state index contributed by atoms with van der Waals surface area (Å²) in [5.74, 6) is 1.70. The Kier molecular flexibility index (Phi) is 29.1. The number of carbonyl (C=O) groups excluding carboxylic acids is 5. The van der Waals surface area contributed by atoms with Crippen LogP contribution in [0, 0.1) is 55.4 Å². The maximum Gasteiger partial charge on any atom is 0.586 e. The molecule has 5 N–H and O–H groups in total. The van der Waals surface area contributed by atoms with Gasteiger partial charge in [-0.1, -0.05) is 90.2 Å². The number of alkyl halides is 10. The van der Waals surface area contributed by atoms with Crippen LogP contribution in [-0.2, 0) is 0 Å². The van der Waals surface area contributed by atoms with Gasteiger partial charge in [0.15, 0.2) is 74.9 Å². The molecular weight excluding hydrogens is 2020 g/mol. The van der Waals surface area contributed by atoms with E-state index in [0.717, 1.165) is 22.3 Å². The SMILES string of the molecule is Cc1cc2c(cc1-c1ccc(NC(=O)c3c(C)coc3C(C)C)nc1)OC(F)(F)O2.Cc1cc2c(cc1-c1cnc(NC(=O)c3c(C)coc3C(C)C)cn1)OC(F)(F)O2.Cc1coc(C(C)C)c1C(=O)Nc1ccc(-c2cc3c(cc2Cl)OC(F)(F)O3)cn1.Cc1coc(C(C)C)c1C(=O)Nc1cnc(-c2cc3c(cc2Cl)OC(F)(F)O3)cn1.Cc1coc(C)c1C(=O)Nc1cnc(-c2cc3c(cc2Cl)OC(F)(F)O3)cn1. The molecule has 0 saturated heterocycles. The van der Waals surface area contributed by atoms with E-state index in [1.807, 2.05) is 62.3 Å². The number of halogens is 13. The lowest BCUT2D eigenvalue weighted by molar-refractivity contribution is -0.287. The second-order valence-corrected chi connectivity index (χ2v) is 36.2. The summed E-state index contributed by atoms with van der Waals surface area (Å²) < 4.78 is 204. The molecule has 5 aromatic carbocycles. The predicted molar refractivity (Wildman–Crippen MR) is 515 cm³/mol. The average molecular weight is 2110 g/mol. The lowest BCUT2D eigenvalue weighted by Gasteiger charge is -2.10. The summed E-state index contributed by atoms with van der Waals surface area (Å²) in [6.45, 7) is 29.6. The van der Waals surface area contributed by atoms with Gasteiger partial charge in [-0.15, -0.1) is 43.9 Å². The van der Waals surface area contributed by atoms with Crippen molar-refractivity contribution < 1.29 is 137 Å². The van der Waals surface area contributed by atoms with Crippen molar-refractivity contribution in [3.8, 4) is 114 Å². The van der Waals surface area contributed by atoms with Crippen molar-refractivity contribution in [1.29, 1.82) is 0 Å². The number of furan rings is 5. The molecule has 10 aromatic heterocycles. The van der Waals surface area contributed by atoms with E-state index in [0.29, 0.717) is 141 Å². The molecule has 33 nitrogen and oxygen atoms in total. The third-order valence-electron chi connectivity index (χ3n) is 22.5. The summed E-state index contributed by atoms with van der Waals surface area (Å²) in [4.78, 5) is 96.8. The van der Waals surface area contributed by atoms with Crippen LogP contribution in [0.4, 0.5) is 73.0 Å². The quantitative estimate of drug-likeness (QED) is 0.0469. The standard InChI is InChI=1S/C22H20F2N2O4.C21H17ClF2N2O4.C21H19F2N3O4.C20H16ClF2N3O4.C18H12ClF2N3O4/c1-11(2)20-19(13(4)10-28-20)21(27)26-18-6-5-14(9-25-18)15-8-17-16(7-12(15)3)29-22(23,24)30-17;1-10(2)19-18(11(3)9-28-19)20(27)26-17-5-4-12(8-25-17)13-6-15-16(7-14(13)22)30-21(23,24)29-15;1-10(2)19-18(12(4)9-28-19)20(27)26-17-8-24-14(7-25-17)13-6-16-15(5-11(13)3)29-21(22,23)30-16;1-9(2)18-17(10(3)8-28-18)19(27)26-16-7-24-13(6-25-16)11-4-14-15(5-12(11)21)30-20(22,23)29-14;1-8-7-26-9(2)16(8)17(25)24-15-6-22-12(5-23-15)10-3-13-14(4-11(10)19)28-18(20,21)27-13/h5-11H,1-4H3,(H,25,26,27);4-10H,1-3H3,(H,25,26,27);5-10H,1-4H3,(H,25,26,27);4-9H,1-3H3,(H,25,26,27);3-7H,1-2H3,(H,23,24,25). The van der Waals surface area contributed by atoms with Crippen molar-refractivity contribution in [1.82, 2.24) is 39.9 Å². The first kappa shape index (κ1) is 104. The number of rotatable bonds is 19. The molecule has 768 valence electrons. The van der Waals surface area contributed by atoms with E-state index in [-0.39, 0.29) is 143 Å². The number of benzene rings is 5. The highest BCUT2D eigenvalue weighted by atomic mass is 35.5. The number of fused-ring (bicyclic) bond motifs is 5. The van der Waals surface area contributed by atoms with Crippen LogP contribution in [0.15, 0.2) is 188 Å². The van der Waals surface area contributed by atoms with E-state index in [1.54, 1.807) is 97.7 Å². The van der Waals surface area contributed by atoms with Gasteiger partial charge in [0.1, 0.15) is 40.4 Å². The fourth-order valence-electron chi connectivity index (χ4n) is 15.7. The van der Waals surface area contributed by atoms with Crippen LogP contribution in [0.3, 0.4) is 0 Å². The predicted octanol–water partition coefficient (Wildman–Crippen LogP) is 26.7. The number of ether oxygens (including phenoxy) is 10. The van der Waals surface area contributed by atoms with Gasteiger partial charge in [-0.2, -0.15) is 0 Å². The molecule has 15 heterocycles. The summed E-state index contributed by atoms with van der Waals surface area (Å²) in [7, 11) is 0. The van der Waals surface area contributed by atoms with E-state index in [2.05, 4.69) is 114 Å². The minimum absolute atomic E-state index is 0.00506. The number of hydrogen-bond donors (Lipinski definition) is 5. The molecule has 5 amide bonds. The van der Waals surface area contributed by atoms with Crippen LogP contribution in [0.1, 0.15) is 199 Å². The summed E-state index contributed by atoms with van der Waals surface area (Å²) in [5.41, 5.74) is 12.0. The molecule has 0 unspecified atom stereocenters. The summed E-state index contributed by atoms with van der Waals surface area (Å²) >= 11 is 18.5. The van der Waals surface area contributed by atoms with Crippen LogP contribution in [0.25, 0.3) is 56.0 Å². The number of anilines is 5. The molecule has 0 saturated carbocycles. The minimum atomic E-state index is -3.75. The Morgan fingerprint density at radius 1 is 0.257 bits per heavy atom. The van der Waals surface area contributed by atoms with Crippen molar-refractivity contribution in [2.75, 3.05) is 26.6 Å². The first-order chi connectivity index (χ1) is 69.8. The fourth-order valence-corrected chi connectivity index (χ4v) is 16.4. The van der Waals surface area contributed by atoms with Gasteiger partial charge in [0.05, 0.1) is 128 Å². The number of aryl methyl sites for hydroxylation is 8. The van der Waals surface area contributed by atoms with Gasteiger partial charge in [0, 0.05) is 115 Å². The first-order valence-electron chi connectivity index (χ1n) is 44.7. The zero-order chi connectivity index (χ0) is 107. The highest BCUT2D eigenvalue weighted by Crippen LogP contribution is 2.52. The molecule has 148 heavy (non-hydrogen) atoms. The van der Waals surface area contributed by atoms with E-state index in [1.165, 1.54) is 117 Å². The Balaban J connectivity index is 0.000000132. The molecule has 0 spiro atoms. The number of amides is 5. The van der Waals surface area contributed by atoms with E-state index >= 15 is 0 Å². The molecular formula is C102H84Cl3F10N13O20. The molecule has 0 bridgehead atoms.